The number of rotatable bonds is 4. The Labute approximate surface area is 143 Å². The van der Waals surface area contributed by atoms with Gasteiger partial charge in [0.05, 0.1) is 22.2 Å². The molecule has 0 saturated heterocycles. The monoisotopic (exact) mass is 351 g/mol. The van der Waals surface area contributed by atoms with Crippen LogP contribution < -0.4 is 10.1 Å². The Hall–Kier alpha value is -2.22. The van der Waals surface area contributed by atoms with Crippen LogP contribution in [0, 0.1) is 17.7 Å². The van der Waals surface area contributed by atoms with E-state index < -0.39 is 11.7 Å². The largest absolute Gasteiger partial charge is 0.479 e. The molecule has 1 amide bonds. The molecule has 0 atom stereocenters. The Morgan fingerprint density at radius 3 is 2.65 bits per heavy atom. The second-order valence-corrected chi connectivity index (χ2v) is 5.19. The van der Waals surface area contributed by atoms with Crippen molar-refractivity contribution in [1.82, 2.24) is 5.32 Å². The number of amides is 1. The number of carbonyl (C=O) groups excluding carboxylic acids is 1. The predicted octanol–water partition coefficient (Wildman–Crippen LogP) is 3.94. The third-order valence-corrected chi connectivity index (χ3v) is 3.40. The number of hydrogen-bond acceptors (Lipinski definition) is 2. The molecule has 1 N–H and O–H groups in total. The van der Waals surface area contributed by atoms with Crippen molar-refractivity contribution in [3.63, 3.8) is 0 Å². The van der Waals surface area contributed by atoms with Gasteiger partial charge in [-0.25, -0.2) is 4.39 Å². The number of nitrogens with one attached hydrogen (secondary N) is 1. The van der Waals surface area contributed by atoms with E-state index >= 15 is 0 Å². The maximum Gasteiger partial charge on any atom is 0.253 e. The zero-order chi connectivity index (χ0) is 16.7. The topological polar surface area (TPSA) is 38.3 Å². The van der Waals surface area contributed by atoms with E-state index in [0.29, 0.717) is 10.8 Å². The highest BCUT2D eigenvalue weighted by atomic mass is 35.5. The number of ether oxygens (including phenoxy) is 1. The van der Waals surface area contributed by atoms with Crippen LogP contribution in [0.4, 0.5) is 4.39 Å². The van der Waals surface area contributed by atoms with Gasteiger partial charge in [-0.05, 0) is 30.3 Å². The first-order valence-electron chi connectivity index (χ1n) is 6.64. The molecule has 6 heteroatoms. The van der Waals surface area contributed by atoms with Crippen LogP contribution in [0.5, 0.6) is 5.75 Å². The van der Waals surface area contributed by atoms with Gasteiger partial charge < -0.3 is 10.1 Å². The molecule has 0 fully saturated rings. The summed E-state index contributed by atoms with van der Waals surface area (Å²) in [7, 11) is 0. The first-order valence-corrected chi connectivity index (χ1v) is 7.40. The molecule has 0 aliphatic rings. The van der Waals surface area contributed by atoms with Crippen molar-refractivity contribution in [1.29, 1.82) is 0 Å². The fourth-order valence-corrected chi connectivity index (χ4v) is 2.13. The summed E-state index contributed by atoms with van der Waals surface area (Å²) in [5.41, 5.74) is 0.196. The van der Waals surface area contributed by atoms with Crippen molar-refractivity contribution < 1.29 is 13.9 Å². The summed E-state index contributed by atoms with van der Waals surface area (Å²) in [6.07, 6.45) is 0. The normalized spacial score (nSPS) is 9.70. The molecule has 0 radical (unpaired) electrons. The molecule has 0 aliphatic heterocycles. The van der Waals surface area contributed by atoms with Gasteiger partial charge in [-0.15, -0.1) is 0 Å². The Bertz CT molecular complexity index is 769. The van der Waals surface area contributed by atoms with Crippen LogP contribution in [-0.4, -0.2) is 19.1 Å². The first kappa shape index (κ1) is 17.1. The quantitative estimate of drug-likeness (QED) is 0.847. The summed E-state index contributed by atoms with van der Waals surface area (Å²) < 4.78 is 18.3. The van der Waals surface area contributed by atoms with Crippen LogP contribution in [0.3, 0.4) is 0 Å². The van der Waals surface area contributed by atoms with E-state index in [1.54, 1.807) is 24.3 Å². The molecule has 2 aromatic rings. The summed E-state index contributed by atoms with van der Waals surface area (Å²) in [4.78, 5) is 11.8. The van der Waals surface area contributed by atoms with Crippen molar-refractivity contribution in [3.05, 3.63) is 63.9 Å². The van der Waals surface area contributed by atoms with E-state index in [1.807, 2.05) is 0 Å². The highest BCUT2D eigenvalue weighted by Crippen LogP contribution is 2.22. The van der Waals surface area contributed by atoms with Crippen LogP contribution in [0.15, 0.2) is 42.5 Å². The Kier molecular flexibility index (Phi) is 6.28. The van der Waals surface area contributed by atoms with E-state index in [-0.39, 0.29) is 23.7 Å². The maximum absolute atomic E-state index is 12.9. The van der Waals surface area contributed by atoms with Crippen LogP contribution >= 0.6 is 23.2 Å². The van der Waals surface area contributed by atoms with Gasteiger partial charge in [-0.1, -0.05) is 47.2 Å². The van der Waals surface area contributed by atoms with E-state index in [2.05, 4.69) is 17.2 Å². The maximum atomic E-state index is 12.9. The van der Waals surface area contributed by atoms with Gasteiger partial charge >= 0.3 is 0 Å². The van der Waals surface area contributed by atoms with E-state index in [9.17, 15) is 9.18 Å². The van der Waals surface area contributed by atoms with Gasteiger partial charge in [-0.2, -0.15) is 0 Å². The van der Waals surface area contributed by atoms with Crippen LogP contribution in [0.2, 0.25) is 10.0 Å². The van der Waals surface area contributed by atoms with Gasteiger partial charge in [0, 0.05) is 0 Å². The minimum atomic E-state index is -0.497. The Morgan fingerprint density at radius 2 is 1.91 bits per heavy atom. The summed E-state index contributed by atoms with van der Waals surface area (Å²) in [6.45, 7) is 0.273. The molecule has 0 unspecified atom stereocenters. The Balaban J connectivity index is 1.79. The van der Waals surface area contributed by atoms with Gasteiger partial charge in [0.25, 0.3) is 5.91 Å². The SMILES string of the molecule is O=C(NCC#CCOc1ccccc1Cl)c1ccc(F)cc1Cl. The lowest BCUT2D eigenvalue weighted by molar-refractivity contribution is 0.0959. The third kappa shape index (κ3) is 5.17. The van der Waals surface area contributed by atoms with E-state index in [0.717, 1.165) is 6.07 Å². The fraction of sp³-hybridized carbons (Fsp3) is 0.118. The second kappa shape index (κ2) is 8.42. The highest BCUT2D eigenvalue weighted by Gasteiger charge is 2.09. The van der Waals surface area contributed by atoms with Crippen molar-refractivity contribution in [2.24, 2.45) is 0 Å². The summed E-state index contributed by atoms with van der Waals surface area (Å²) in [5, 5.41) is 3.13. The number of hydrogen-bond donors (Lipinski definition) is 1. The molecule has 0 heterocycles. The number of para-hydroxylation sites is 1. The van der Waals surface area contributed by atoms with E-state index in [4.69, 9.17) is 27.9 Å². The average molecular weight is 352 g/mol. The highest BCUT2D eigenvalue weighted by molar-refractivity contribution is 6.33. The van der Waals surface area contributed by atoms with Crippen molar-refractivity contribution in [2.75, 3.05) is 13.2 Å². The first-order chi connectivity index (χ1) is 11.1. The molecule has 0 aromatic heterocycles. The molecule has 0 aliphatic carbocycles. The predicted molar refractivity (Wildman–Crippen MR) is 88.5 cm³/mol. The summed E-state index contributed by atoms with van der Waals surface area (Å²) >= 11 is 11.7. The lowest BCUT2D eigenvalue weighted by Gasteiger charge is -2.04. The van der Waals surface area contributed by atoms with Crippen LogP contribution in [0.1, 0.15) is 10.4 Å². The van der Waals surface area contributed by atoms with Crippen LogP contribution in [0.25, 0.3) is 0 Å². The minimum Gasteiger partial charge on any atom is -0.479 e. The minimum absolute atomic E-state index is 0.0533. The van der Waals surface area contributed by atoms with Gasteiger partial charge in [0.1, 0.15) is 18.2 Å². The number of halogens is 3. The third-order valence-electron chi connectivity index (χ3n) is 2.77. The fourth-order valence-electron chi connectivity index (χ4n) is 1.68. The molecule has 3 nitrogen and oxygen atoms in total. The van der Waals surface area contributed by atoms with Crippen molar-refractivity contribution in [2.45, 2.75) is 0 Å². The molecule has 2 rings (SSSR count). The van der Waals surface area contributed by atoms with Gasteiger partial charge in [-0.3, -0.25) is 4.79 Å². The van der Waals surface area contributed by atoms with Gasteiger partial charge in [0.2, 0.25) is 0 Å². The van der Waals surface area contributed by atoms with Gasteiger partial charge in [0.15, 0.2) is 0 Å². The lowest BCUT2D eigenvalue weighted by Crippen LogP contribution is -2.24. The zero-order valence-corrected chi connectivity index (χ0v) is 13.4. The summed E-state index contributed by atoms with van der Waals surface area (Å²) in [5.74, 6) is 5.12. The number of carbonyl (C=O) groups is 1. The molecule has 0 saturated carbocycles. The molecule has 118 valence electrons. The lowest BCUT2D eigenvalue weighted by atomic mass is 10.2. The summed E-state index contributed by atoms with van der Waals surface area (Å²) in [6, 6.07) is 10.6. The van der Waals surface area contributed by atoms with E-state index in [1.165, 1.54) is 12.1 Å². The molecule has 0 spiro atoms. The standard InChI is InChI=1S/C17H12Cl2FNO2/c18-14-5-1-2-6-16(14)23-10-4-3-9-21-17(22)13-8-7-12(20)11-15(13)19/h1-2,5-8,11H,9-10H2,(H,21,22). The zero-order valence-electron chi connectivity index (χ0n) is 11.9. The molecule has 0 bridgehead atoms. The molecule has 2 aromatic carbocycles. The molecular formula is C17H12Cl2FNO2. The number of benzene rings is 2. The second-order valence-electron chi connectivity index (χ2n) is 4.38. The van der Waals surface area contributed by atoms with Crippen LogP contribution in [-0.2, 0) is 0 Å². The van der Waals surface area contributed by atoms with Crippen molar-refractivity contribution >= 4 is 29.1 Å². The average Bonchev–Trinajstić information content (AvgIpc) is 2.52. The van der Waals surface area contributed by atoms with Crippen molar-refractivity contribution in [3.8, 4) is 17.6 Å². The molecule has 23 heavy (non-hydrogen) atoms. The smallest absolute Gasteiger partial charge is 0.253 e. The Morgan fingerprint density at radius 1 is 1.13 bits per heavy atom. The molecular weight excluding hydrogens is 340 g/mol.